The van der Waals surface area contributed by atoms with Crippen LogP contribution >= 0.6 is 39.3 Å². The lowest BCUT2D eigenvalue weighted by atomic mass is 10.2. The van der Waals surface area contributed by atoms with E-state index < -0.39 is 0 Å². The molecule has 1 nitrogen and oxygen atoms in total. The number of hydrogen-bond donors (Lipinski definition) is 0. The van der Waals surface area contributed by atoms with Crippen molar-refractivity contribution in [1.29, 1.82) is 0 Å². The lowest BCUT2D eigenvalue weighted by Crippen LogP contribution is -1.81. The minimum absolute atomic E-state index is 0.749. The topological polar surface area (TPSA) is 12.9 Å². The van der Waals surface area contributed by atoms with Crippen LogP contribution in [-0.4, -0.2) is 4.98 Å². The monoisotopic (exact) mass is 349 g/mol. The van der Waals surface area contributed by atoms with Gasteiger partial charge in [-0.15, -0.1) is 0 Å². The summed E-state index contributed by atoms with van der Waals surface area (Å²) in [5.41, 5.74) is 0. The van der Waals surface area contributed by atoms with Gasteiger partial charge >= 0.3 is 0 Å². The Labute approximate surface area is 129 Å². The summed E-state index contributed by atoms with van der Waals surface area (Å²) in [4.78, 5) is 6.53. The largest absolute Gasteiger partial charge is 0.263 e. The van der Waals surface area contributed by atoms with Gasteiger partial charge < -0.3 is 0 Å². The Hall–Kier alpha value is -1.03. The molecule has 2 aromatic carbocycles. The maximum atomic E-state index is 6.02. The van der Waals surface area contributed by atoms with Gasteiger partial charge in [0.05, 0.1) is 0 Å². The van der Waals surface area contributed by atoms with Gasteiger partial charge in [0.1, 0.15) is 0 Å². The number of fused-ring (bicyclic) bond motifs is 1. The minimum atomic E-state index is 0.749. The highest BCUT2D eigenvalue weighted by Crippen LogP contribution is 2.34. The van der Waals surface area contributed by atoms with E-state index in [1.54, 1.807) is 11.8 Å². The third kappa shape index (κ3) is 2.94. The quantitative estimate of drug-likeness (QED) is 0.579. The van der Waals surface area contributed by atoms with E-state index in [1.165, 1.54) is 5.39 Å². The summed E-state index contributed by atoms with van der Waals surface area (Å²) in [5, 5.41) is 3.07. The number of aromatic nitrogens is 1. The summed E-state index contributed by atoms with van der Waals surface area (Å²) in [6.45, 7) is 0. The predicted octanol–water partition coefficient (Wildman–Crippen LogP) is 5.80. The molecule has 0 unspecified atom stereocenters. The molecule has 1 heterocycles. The van der Waals surface area contributed by atoms with Crippen molar-refractivity contribution < 1.29 is 0 Å². The first-order valence-corrected chi connectivity index (χ1v) is 7.68. The molecule has 0 bridgehead atoms. The van der Waals surface area contributed by atoms with E-state index in [4.69, 9.17) is 11.6 Å². The molecule has 1 aromatic heterocycles. The maximum absolute atomic E-state index is 6.02. The van der Waals surface area contributed by atoms with Gasteiger partial charge in [0, 0.05) is 37.1 Å². The van der Waals surface area contributed by atoms with E-state index in [9.17, 15) is 0 Å². The summed E-state index contributed by atoms with van der Waals surface area (Å²) in [6, 6.07) is 14.1. The van der Waals surface area contributed by atoms with Crippen LogP contribution in [-0.2, 0) is 0 Å². The Morgan fingerprint density at radius 3 is 2.79 bits per heavy atom. The van der Waals surface area contributed by atoms with Crippen molar-refractivity contribution in [3.63, 3.8) is 0 Å². The Morgan fingerprint density at radius 2 is 1.95 bits per heavy atom. The lowest BCUT2D eigenvalue weighted by Gasteiger charge is -2.06. The number of nitrogens with zero attached hydrogens (tertiary/aromatic N) is 1. The zero-order valence-electron chi connectivity index (χ0n) is 9.81. The van der Waals surface area contributed by atoms with E-state index in [0.29, 0.717) is 0 Å². The maximum Gasteiger partial charge on any atom is 0.0417 e. The van der Waals surface area contributed by atoms with Gasteiger partial charge in [-0.3, -0.25) is 4.98 Å². The Balaban J connectivity index is 2.07. The average Bonchev–Trinajstić information content (AvgIpc) is 2.39. The predicted molar refractivity (Wildman–Crippen MR) is 85.0 cm³/mol. The second-order valence-corrected chi connectivity index (χ2v) is 6.53. The van der Waals surface area contributed by atoms with Crippen molar-refractivity contribution in [2.75, 3.05) is 0 Å². The molecule has 0 aliphatic heterocycles. The summed E-state index contributed by atoms with van der Waals surface area (Å²) < 4.78 is 1.07. The highest BCUT2D eigenvalue weighted by atomic mass is 79.9. The fourth-order valence-electron chi connectivity index (χ4n) is 1.85. The van der Waals surface area contributed by atoms with E-state index in [0.717, 1.165) is 24.7 Å². The summed E-state index contributed by atoms with van der Waals surface area (Å²) in [7, 11) is 0. The zero-order chi connectivity index (χ0) is 13.2. The van der Waals surface area contributed by atoms with Crippen LogP contribution < -0.4 is 0 Å². The molecular formula is C15H9BrClNS. The van der Waals surface area contributed by atoms with Crippen LogP contribution in [0, 0.1) is 0 Å². The van der Waals surface area contributed by atoms with Crippen LogP contribution in [0.25, 0.3) is 10.8 Å². The van der Waals surface area contributed by atoms with Crippen molar-refractivity contribution >= 4 is 50.1 Å². The normalized spacial score (nSPS) is 10.8. The Morgan fingerprint density at radius 1 is 1.05 bits per heavy atom. The van der Waals surface area contributed by atoms with Crippen molar-refractivity contribution in [3.05, 3.63) is 64.4 Å². The third-order valence-electron chi connectivity index (χ3n) is 2.71. The van der Waals surface area contributed by atoms with Crippen LogP contribution in [0.1, 0.15) is 0 Å². The molecule has 3 rings (SSSR count). The molecule has 19 heavy (non-hydrogen) atoms. The molecule has 3 aromatic rings. The van der Waals surface area contributed by atoms with E-state index in [-0.39, 0.29) is 0 Å². The standard InChI is InChI=1S/C15H9BrClNS/c16-11-5-4-10-8-18-9-15(14(10)6-11)19-13-3-1-2-12(17)7-13/h1-9H. The summed E-state index contributed by atoms with van der Waals surface area (Å²) in [6.07, 6.45) is 3.77. The van der Waals surface area contributed by atoms with Gasteiger partial charge in [0.25, 0.3) is 0 Å². The van der Waals surface area contributed by atoms with Crippen molar-refractivity contribution in [1.82, 2.24) is 4.98 Å². The molecule has 0 amide bonds. The van der Waals surface area contributed by atoms with Crippen molar-refractivity contribution in [3.8, 4) is 0 Å². The summed E-state index contributed by atoms with van der Waals surface area (Å²) >= 11 is 11.2. The molecule has 0 aliphatic carbocycles. The second kappa shape index (κ2) is 5.53. The van der Waals surface area contributed by atoms with Gasteiger partial charge in [-0.1, -0.05) is 51.4 Å². The minimum Gasteiger partial charge on any atom is -0.263 e. The molecular weight excluding hydrogens is 342 g/mol. The van der Waals surface area contributed by atoms with Gasteiger partial charge in [-0.05, 0) is 35.7 Å². The van der Waals surface area contributed by atoms with Gasteiger partial charge in [-0.2, -0.15) is 0 Å². The van der Waals surface area contributed by atoms with Crippen LogP contribution in [0.5, 0.6) is 0 Å². The van der Waals surface area contributed by atoms with Gasteiger partial charge in [0.15, 0.2) is 0 Å². The molecule has 0 aliphatic rings. The molecule has 0 N–H and O–H groups in total. The first-order chi connectivity index (χ1) is 9.22. The van der Waals surface area contributed by atoms with E-state index >= 15 is 0 Å². The fourth-order valence-corrected chi connectivity index (χ4v) is 3.45. The van der Waals surface area contributed by atoms with Crippen molar-refractivity contribution in [2.45, 2.75) is 9.79 Å². The zero-order valence-corrected chi connectivity index (χ0v) is 13.0. The lowest BCUT2D eigenvalue weighted by molar-refractivity contribution is 1.28. The van der Waals surface area contributed by atoms with Crippen LogP contribution in [0.15, 0.2) is 69.1 Å². The molecule has 4 heteroatoms. The molecule has 0 fully saturated rings. The SMILES string of the molecule is Clc1cccc(Sc2cncc3ccc(Br)cc23)c1. The highest BCUT2D eigenvalue weighted by Gasteiger charge is 2.05. The fraction of sp³-hybridized carbons (Fsp3) is 0. The number of halogens is 2. The van der Waals surface area contributed by atoms with Crippen LogP contribution in [0.4, 0.5) is 0 Å². The number of rotatable bonds is 2. The molecule has 0 atom stereocenters. The highest BCUT2D eigenvalue weighted by molar-refractivity contribution is 9.10. The molecule has 0 radical (unpaired) electrons. The van der Waals surface area contributed by atoms with Gasteiger partial charge in [0.2, 0.25) is 0 Å². The van der Waals surface area contributed by atoms with E-state index in [2.05, 4.69) is 33.0 Å². The number of pyridine rings is 1. The van der Waals surface area contributed by atoms with Crippen LogP contribution in [0.3, 0.4) is 0 Å². The third-order valence-corrected chi connectivity index (χ3v) is 4.47. The first kappa shape index (κ1) is 13.0. The Kier molecular flexibility index (Phi) is 3.78. The second-order valence-electron chi connectivity index (χ2n) is 4.06. The summed E-state index contributed by atoms with van der Waals surface area (Å²) in [5.74, 6) is 0. The first-order valence-electron chi connectivity index (χ1n) is 5.69. The number of hydrogen-bond acceptors (Lipinski definition) is 2. The molecule has 0 spiro atoms. The molecule has 0 saturated heterocycles. The average molecular weight is 351 g/mol. The van der Waals surface area contributed by atoms with Gasteiger partial charge in [-0.25, -0.2) is 0 Å². The Bertz CT molecular complexity index is 745. The molecule has 94 valence electrons. The van der Waals surface area contributed by atoms with E-state index in [1.807, 2.05) is 42.7 Å². The number of benzene rings is 2. The molecule has 0 saturated carbocycles. The smallest absolute Gasteiger partial charge is 0.0417 e. The van der Waals surface area contributed by atoms with Crippen LogP contribution in [0.2, 0.25) is 5.02 Å². The van der Waals surface area contributed by atoms with Crippen molar-refractivity contribution in [2.24, 2.45) is 0 Å².